The second-order valence-electron chi connectivity index (χ2n) is 3.96. The van der Waals surface area contributed by atoms with Gasteiger partial charge >= 0.3 is 11.9 Å². The summed E-state index contributed by atoms with van der Waals surface area (Å²) in [4.78, 5) is 34.8. The van der Waals surface area contributed by atoms with E-state index in [1.807, 2.05) is 0 Å². The Hall–Kier alpha value is -1.85. The lowest BCUT2D eigenvalue weighted by Crippen LogP contribution is -2.48. The summed E-state index contributed by atoms with van der Waals surface area (Å²) in [6.07, 6.45) is 3.09. The molecule has 94 valence electrons. The van der Waals surface area contributed by atoms with E-state index in [2.05, 4.69) is 0 Å². The van der Waals surface area contributed by atoms with Crippen LogP contribution in [0.3, 0.4) is 0 Å². The number of hydrogen-bond donors (Lipinski definition) is 2. The fourth-order valence-corrected chi connectivity index (χ4v) is 1.95. The van der Waals surface area contributed by atoms with Gasteiger partial charge in [0.1, 0.15) is 0 Å². The van der Waals surface area contributed by atoms with Crippen molar-refractivity contribution in [2.24, 2.45) is 11.8 Å². The molecule has 17 heavy (non-hydrogen) atoms. The van der Waals surface area contributed by atoms with E-state index in [0.717, 1.165) is 0 Å². The molecular formula is C11H15NO5. The molecule has 1 rings (SSSR count). The summed E-state index contributed by atoms with van der Waals surface area (Å²) in [6.45, 7) is 1.93. The standard InChI is InChI=1S/C11H15NO5/c1-2-3-9(13)12-5-4-7(10(14)15)8(6-12)11(16)17/h2-3,7-8H,4-6H2,1H3,(H,14,15)(H,16,17)/b3-2+. The van der Waals surface area contributed by atoms with Crippen molar-refractivity contribution in [2.75, 3.05) is 13.1 Å². The number of carbonyl (C=O) groups excluding carboxylic acids is 1. The van der Waals surface area contributed by atoms with Crippen molar-refractivity contribution in [1.29, 1.82) is 0 Å². The van der Waals surface area contributed by atoms with Crippen molar-refractivity contribution in [1.82, 2.24) is 4.90 Å². The number of piperidine rings is 1. The van der Waals surface area contributed by atoms with Gasteiger partial charge in [0.05, 0.1) is 11.8 Å². The number of nitrogens with zero attached hydrogens (tertiary/aromatic N) is 1. The van der Waals surface area contributed by atoms with Gasteiger partial charge < -0.3 is 15.1 Å². The maximum atomic E-state index is 11.5. The predicted molar refractivity (Wildman–Crippen MR) is 58.3 cm³/mol. The van der Waals surface area contributed by atoms with Gasteiger partial charge in [-0.1, -0.05) is 6.08 Å². The van der Waals surface area contributed by atoms with Gasteiger partial charge in [-0.2, -0.15) is 0 Å². The third-order valence-electron chi connectivity index (χ3n) is 2.87. The largest absolute Gasteiger partial charge is 0.481 e. The molecule has 1 aliphatic rings. The number of allylic oxidation sites excluding steroid dienone is 1. The molecule has 1 aliphatic heterocycles. The van der Waals surface area contributed by atoms with Gasteiger partial charge in [0.15, 0.2) is 0 Å². The highest BCUT2D eigenvalue weighted by Crippen LogP contribution is 2.24. The normalized spacial score (nSPS) is 24.9. The number of amides is 1. The average Bonchev–Trinajstić information content (AvgIpc) is 2.28. The Morgan fingerprint density at radius 3 is 2.24 bits per heavy atom. The van der Waals surface area contributed by atoms with Crippen molar-refractivity contribution in [3.63, 3.8) is 0 Å². The molecule has 2 atom stereocenters. The summed E-state index contributed by atoms with van der Waals surface area (Å²) in [6, 6.07) is 0. The number of carbonyl (C=O) groups is 3. The van der Waals surface area contributed by atoms with Crippen LogP contribution in [-0.4, -0.2) is 46.0 Å². The van der Waals surface area contributed by atoms with E-state index in [4.69, 9.17) is 10.2 Å². The smallest absolute Gasteiger partial charge is 0.309 e. The lowest BCUT2D eigenvalue weighted by atomic mass is 9.85. The zero-order valence-corrected chi connectivity index (χ0v) is 9.50. The summed E-state index contributed by atoms with van der Waals surface area (Å²) in [5.74, 6) is -4.51. The fourth-order valence-electron chi connectivity index (χ4n) is 1.95. The van der Waals surface area contributed by atoms with Gasteiger partial charge in [0.2, 0.25) is 5.91 Å². The second-order valence-corrected chi connectivity index (χ2v) is 3.96. The first-order valence-electron chi connectivity index (χ1n) is 5.34. The first-order valence-corrected chi connectivity index (χ1v) is 5.34. The SMILES string of the molecule is C/C=C/C(=O)N1CCC(C(=O)O)C(C(=O)O)C1. The van der Waals surface area contributed by atoms with E-state index >= 15 is 0 Å². The Morgan fingerprint density at radius 1 is 1.18 bits per heavy atom. The van der Waals surface area contributed by atoms with Crippen molar-refractivity contribution in [3.05, 3.63) is 12.2 Å². The Bertz CT molecular complexity index is 363. The quantitative estimate of drug-likeness (QED) is 0.688. The lowest BCUT2D eigenvalue weighted by Gasteiger charge is -2.33. The van der Waals surface area contributed by atoms with Gasteiger partial charge in [-0.3, -0.25) is 14.4 Å². The monoisotopic (exact) mass is 241 g/mol. The molecule has 6 nitrogen and oxygen atoms in total. The van der Waals surface area contributed by atoms with Crippen molar-refractivity contribution < 1.29 is 24.6 Å². The van der Waals surface area contributed by atoms with Crippen LogP contribution in [0.2, 0.25) is 0 Å². The zero-order chi connectivity index (χ0) is 13.0. The van der Waals surface area contributed by atoms with Crippen LogP contribution >= 0.6 is 0 Å². The molecule has 0 aromatic carbocycles. The minimum absolute atomic E-state index is 0.0462. The van der Waals surface area contributed by atoms with Crippen LogP contribution in [0.5, 0.6) is 0 Å². The molecule has 0 aromatic rings. The predicted octanol–water partition coefficient (Wildman–Crippen LogP) is 0.196. The summed E-state index contributed by atoms with van der Waals surface area (Å²) >= 11 is 0. The molecule has 1 heterocycles. The van der Waals surface area contributed by atoms with E-state index in [-0.39, 0.29) is 25.4 Å². The van der Waals surface area contributed by atoms with Crippen LogP contribution in [-0.2, 0) is 14.4 Å². The van der Waals surface area contributed by atoms with Gasteiger partial charge in [0, 0.05) is 13.1 Å². The molecule has 0 aromatic heterocycles. The van der Waals surface area contributed by atoms with E-state index in [9.17, 15) is 14.4 Å². The highest BCUT2D eigenvalue weighted by Gasteiger charge is 2.39. The number of carboxylic acid groups (broad SMARTS) is 2. The topological polar surface area (TPSA) is 94.9 Å². The third-order valence-corrected chi connectivity index (χ3v) is 2.87. The van der Waals surface area contributed by atoms with Crippen molar-refractivity contribution in [3.8, 4) is 0 Å². The fraction of sp³-hybridized carbons (Fsp3) is 0.545. The molecule has 2 N–H and O–H groups in total. The van der Waals surface area contributed by atoms with E-state index in [0.29, 0.717) is 0 Å². The number of aliphatic carboxylic acids is 2. The van der Waals surface area contributed by atoms with Crippen molar-refractivity contribution >= 4 is 17.8 Å². The van der Waals surface area contributed by atoms with Crippen molar-refractivity contribution in [2.45, 2.75) is 13.3 Å². The first kappa shape index (κ1) is 13.2. The molecule has 6 heteroatoms. The molecule has 1 fully saturated rings. The van der Waals surface area contributed by atoms with E-state index in [1.54, 1.807) is 13.0 Å². The maximum absolute atomic E-state index is 11.5. The molecular weight excluding hydrogens is 226 g/mol. The van der Waals surface area contributed by atoms with Gasteiger partial charge in [-0.05, 0) is 19.4 Å². The summed E-state index contributed by atoms with van der Waals surface area (Å²) in [7, 11) is 0. The first-order chi connectivity index (χ1) is 7.97. The molecule has 0 spiro atoms. The Labute approximate surface area is 98.5 Å². The molecule has 1 saturated heterocycles. The molecule has 0 bridgehead atoms. The van der Waals surface area contributed by atoms with E-state index < -0.39 is 23.8 Å². The Balaban J connectivity index is 2.78. The Kier molecular flexibility index (Phi) is 4.25. The third kappa shape index (κ3) is 3.05. The summed E-state index contributed by atoms with van der Waals surface area (Å²) in [5.41, 5.74) is 0. The number of rotatable bonds is 3. The van der Waals surface area contributed by atoms with Crippen LogP contribution < -0.4 is 0 Å². The second kappa shape index (κ2) is 5.47. The van der Waals surface area contributed by atoms with Crippen LogP contribution in [0.1, 0.15) is 13.3 Å². The molecule has 1 amide bonds. The van der Waals surface area contributed by atoms with Crippen LogP contribution in [0, 0.1) is 11.8 Å². The highest BCUT2D eigenvalue weighted by molar-refractivity contribution is 5.89. The number of likely N-dealkylation sites (tertiary alicyclic amines) is 1. The molecule has 0 saturated carbocycles. The average molecular weight is 241 g/mol. The Morgan fingerprint density at radius 2 is 1.76 bits per heavy atom. The van der Waals surface area contributed by atoms with Gasteiger partial charge in [-0.25, -0.2) is 0 Å². The number of hydrogen-bond acceptors (Lipinski definition) is 3. The summed E-state index contributed by atoms with van der Waals surface area (Å²) in [5, 5.41) is 17.9. The van der Waals surface area contributed by atoms with Crippen LogP contribution in [0.25, 0.3) is 0 Å². The lowest BCUT2D eigenvalue weighted by molar-refractivity contribution is -0.158. The molecule has 0 radical (unpaired) electrons. The number of carboxylic acids is 2. The zero-order valence-electron chi connectivity index (χ0n) is 9.50. The highest BCUT2D eigenvalue weighted by atomic mass is 16.4. The van der Waals surface area contributed by atoms with Crippen LogP contribution in [0.15, 0.2) is 12.2 Å². The van der Waals surface area contributed by atoms with Crippen LogP contribution in [0.4, 0.5) is 0 Å². The minimum Gasteiger partial charge on any atom is -0.481 e. The van der Waals surface area contributed by atoms with Gasteiger partial charge in [0.25, 0.3) is 0 Å². The molecule has 2 unspecified atom stereocenters. The maximum Gasteiger partial charge on any atom is 0.309 e. The van der Waals surface area contributed by atoms with E-state index in [1.165, 1.54) is 11.0 Å². The minimum atomic E-state index is -1.17. The van der Waals surface area contributed by atoms with Gasteiger partial charge in [-0.15, -0.1) is 0 Å². The summed E-state index contributed by atoms with van der Waals surface area (Å²) < 4.78 is 0. The molecule has 0 aliphatic carbocycles.